The molecule has 28 heavy (non-hydrogen) atoms. The third-order valence-corrected chi connectivity index (χ3v) is 6.37. The van der Waals surface area contributed by atoms with Gasteiger partial charge in [-0.2, -0.15) is 0 Å². The van der Waals surface area contributed by atoms with Crippen molar-refractivity contribution >= 4 is 28.5 Å². The molecule has 2 aliphatic rings. The molecule has 150 valence electrons. The van der Waals surface area contributed by atoms with Crippen molar-refractivity contribution in [1.82, 2.24) is 15.1 Å². The number of esters is 1. The maximum absolute atomic E-state index is 13.5. The molecule has 1 atom stereocenters. The number of anilines is 1. The van der Waals surface area contributed by atoms with Crippen molar-refractivity contribution in [1.29, 1.82) is 0 Å². The van der Waals surface area contributed by atoms with Crippen LogP contribution in [-0.2, 0) is 16.0 Å². The van der Waals surface area contributed by atoms with Crippen LogP contribution in [0.2, 0.25) is 0 Å². The van der Waals surface area contributed by atoms with Crippen molar-refractivity contribution in [2.45, 2.75) is 64.1 Å². The Balaban J connectivity index is 1.92. The van der Waals surface area contributed by atoms with Crippen LogP contribution in [0.15, 0.2) is 12.7 Å². The highest BCUT2D eigenvalue weighted by molar-refractivity contribution is 7.15. The van der Waals surface area contributed by atoms with Gasteiger partial charge in [0.25, 0.3) is 0 Å². The predicted octanol–water partition coefficient (Wildman–Crippen LogP) is 3.37. The highest BCUT2D eigenvalue weighted by Crippen LogP contribution is 2.36. The van der Waals surface area contributed by atoms with E-state index in [1.165, 1.54) is 16.2 Å². The lowest BCUT2D eigenvalue weighted by Gasteiger charge is -2.46. The Morgan fingerprint density at radius 1 is 1.39 bits per heavy atom. The largest absolute Gasteiger partial charge is 0.441 e. The standard InChI is InChI=1S/C20H26N4O3S/c1-5-9-15-21-22-18(28-15)24-16(27-17(25)14-10-11-14)12-13-23(19(24)26)20(6-2,7-3)8-4/h2,5,14,16H,1,7-13H2,3-4H3. The van der Waals surface area contributed by atoms with Crippen LogP contribution in [0.4, 0.5) is 9.93 Å². The maximum atomic E-state index is 13.5. The van der Waals surface area contributed by atoms with Crippen LogP contribution < -0.4 is 4.90 Å². The Kier molecular flexibility index (Phi) is 6.04. The molecule has 1 aliphatic carbocycles. The van der Waals surface area contributed by atoms with E-state index >= 15 is 0 Å². The Hall–Kier alpha value is -2.40. The molecular formula is C20H26N4O3S. The smallest absolute Gasteiger partial charge is 0.330 e. The van der Waals surface area contributed by atoms with Gasteiger partial charge >= 0.3 is 12.0 Å². The van der Waals surface area contributed by atoms with Crippen LogP contribution in [-0.4, -0.2) is 45.4 Å². The van der Waals surface area contributed by atoms with Gasteiger partial charge in [-0.05, 0) is 25.7 Å². The average molecular weight is 403 g/mol. The lowest BCUT2D eigenvalue weighted by atomic mass is 9.91. The van der Waals surface area contributed by atoms with Crippen molar-refractivity contribution in [3.63, 3.8) is 0 Å². The highest BCUT2D eigenvalue weighted by Gasteiger charge is 2.46. The number of terminal acetylenes is 1. The van der Waals surface area contributed by atoms with E-state index in [1.54, 1.807) is 11.0 Å². The number of rotatable bonds is 8. The fourth-order valence-electron chi connectivity index (χ4n) is 3.44. The molecule has 2 amide bonds. The second-order valence-electron chi connectivity index (χ2n) is 7.11. The topological polar surface area (TPSA) is 75.6 Å². The minimum atomic E-state index is -0.689. The number of carbonyl (C=O) groups excluding carboxylic acids is 2. The molecule has 8 heteroatoms. The number of ether oxygens (including phenoxy) is 1. The summed E-state index contributed by atoms with van der Waals surface area (Å²) in [5.74, 6) is 2.53. The molecule has 3 rings (SSSR count). The Morgan fingerprint density at radius 3 is 2.68 bits per heavy atom. The second kappa shape index (κ2) is 8.31. The average Bonchev–Trinajstić information content (AvgIpc) is 3.46. The maximum Gasteiger partial charge on any atom is 0.330 e. The molecule has 1 saturated heterocycles. The molecule has 1 aromatic heterocycles. The summed E-state index contributed by atoms with van der Waals surface area (Å²) in [4.78, 5) is 28.9. The second-order valence-corrected chi connectivity index (χ2v) is 8.15. The summed E-state index contributed by atoms with van der Waals surface area (Å²) >= 11 is 1.30. The van der Waals surface area contributed by atoms with E-state index in [-0.39, 0.29) is 17.9 Å². The van der Waals surface area contributed by atoms with Gasteiger partial charge < -0.3 is 9.64 Å². The Labute approximate surface area is 169 Å². The zero-order valence-corrected chi connectivity index (χ0v) is 17.2. The molecule has 1 aromatic rings. The molecule has 2 fully saturated rings. The van der Waals surface area contributed by atoms with Crippen LogP contribution in [0.3, 0.4) is 0 Å². The number of amides is 2. The number of urea groups is 1. The number of nitrogens with zero attached hydrogens (tertiary/aromatic N) is 4. The van der Waals surface area contributed by atoms with Gasteiger partial charge in [-0.25, -0.2) is 9.69 Å². The lowest BCUT2D eigenvalue weighted by Crippen LogP contribution is -2.62. The quantitative estimate of drug-likeness (QED) is 0.379. The van der Waals surface area contributed by atoms with Crippen LogP contribution in [0.5, 0.6) is 0 Å². The molecule has 0 spiro atoms. The third-order valence-electron chi connectivity index (χ3n) is 5.42. The van der Waals surface area contributed by atoms with Crippen LogP contribution in [0.1, 0.15) is 51.0 Å². The first-order chi connectivity index (χ1) is 13.5. The van der Waals surface area contributed by atoms with Gasteiger partial charge in [-0.15, -0.1) is 23.2 Å². The summed E-state index contributed by atoms with van der Waals surface area (Å²) < 4.78 is 5.69. The van der Waals surface area contributed by atoms with Crippen molar-refractivity contribution in [2.24, 2.45) is 5.92 Å². The molecule has 1 aliphatic heterocycles. The molecule has 1 saturated carbocycles. The predicted molar refractivity (Wildman–Crippen MR) is 108 cm³/mol. The summed E-state index contributed by atoms with van der Waals surface area (Å²) in [6, 6.07) is -0.289. The van der Waals surface area contributed by atoms with Crippen molar-refractivity contribution in [2.75, 3.05) is 11.4 Å². The lowest BCUT2D eigenvalue weighted by molar-refractivity contribution is -0.151. The van der Waals surface area contributed by atoms with Crippen LogP contribution >= 0.6 is 11.3 Å². The van der Waals surface area contributed by atoms with Gasteiger partial charge in [0.15, 0.2) is 6.23 Å². The monoisotopic (exact) mass is 402 g/mol. The third kappa shape index (κ3) is 3.76. The molecule has 0 aromatic carbocycles. The zero-order chi connectivity index (χ0) is 20.3. The van der Waals surface area contributed by atoms with Gasteiger partial charge in [-0.1, -0.05) is 37.2 Å². The molecule has 1 unspecified atom stereocenters. The van der Waals surface area contributed by atoms with E-state index in [4.69, 9.17) is 11.2 Å². The number of allylic oxidation sites excluding steroid dienone is 1. The Morgan fingerprint density at radius 2 is 2.11 bits per heavy atom. The first-order valence-corrected chi connectivity index (χ1v) is 10.5. The van der Waals surface area contributed by atoms with Gasteiger partial charge in [0.2, 0.25) is 5.13 Å². The summed E-state index contributed by atoms with van der Waals surface area (Å²) in [6.45, 7) is 8.10. The van der Waals surface area contributed by atoms with Crippen molar-refractivity contribution in [3.05, 3.63) is 17.7 Å². The summed E-state index contributed by atoms with van der Waals surface area (Å²) in [5, 5.41) is 9.47. The number of carbonyl (C=O) groups is 2. The molecule has 0 N–H and O–H groups in total. The number of hydrogen-bond donors (Lipinski definition) is 0. The van der Waals surface area contributed by atoms with E-state index in [0.29, 0.717) is 37.4 Å². The Bertz CT molecular complexity index is 792. The van der Waals surface area contributed by atoms with Crippen LogP contribution in [0.25, 0.3) is 0 Å². The summed E-state index contributed by atoms with van der Waals surface area (Å²) in [6.07, 6.45) is 10.9. The normalized spacial score (nSPS) is 20.0. The van der Waals surface area contributed by atoms with E-state index < -0.39 is 11.8 Å². The SMILES string of the molecule is C#CC(CC)(CC)N1CCC(OC(=O)C2CC2)N(c2nnc(CC=C)s2)C1=O. The van der Waals surface area contributed by atoms with Gasteiger partial charge in [-0.3, -0.25) is 4.79 Å². The van der Waals surface area contributed by atoms with Gasteiger partial charge in [0, 0.05) is 19.4 Å². The van der Waals surface area contributed by atoms with E-state index in [1.807, 2.05) is 13.8 Å². The minimum absolute atomic E-state index is 0.0446. The van der Waals surface area contributed by atoms with Crippen molar-refractivity contribution in [3.8, 4) is 12.3 Å². The fraction of sp³-hybridized carbons (Fsp3) is 0.600. The summed E-state index contributed by atoms with van der Waals surface area (Å²) in [5.41, 5.74) is -0.671. The van der Waals surface area contributed by atoms with Gasteiger partial charge in [0.1, 0.15) is 10.5 Å². The molecule has 0 bridgehead atoms. The summed E-state index contributed by atoms with van der Waals surface area (Å²) in [7, 11) is 0. The molecular weight excluding hydrogens is 376 g/mol. The first-order valence-electron chi connectivity index (χ1n) is 9.72. The van der Waals surface area contributed by atoms with E-state index in [0.717, 1.165) is 17.8 Å². The van der Waals surface area contributed by atoms with E-state index in [9.17, 15) is 9.59 Å². The highest BCUT2D eigenvalue weighted by atomic mass is 32.1. The molecule has 2 heterocycles. The van der Waals surface area contributed by atoms with E-state index in [2.05, 4.69) is 22.7 Å². The van der Waals surface area contributed by atoms with Crippen molar-refractivity contribution < 1.29 is 14.3 Å². The number of hydrogen-bond acceptors (Lipinski definition) is 6. The van der Waals surface area contributed by atoms with Gasteiger partial charge in [0.05, 0.1) is 5.92 Å². The molecule has 7 nitrogen and oxygen atoms in total. The first kappa shape index (κ1) is 20.3. The van der Waals surface area contributed by atoms with Crippen LogP contribution in [0, 0.1) is 18.3 Å². The fourth-order valence-corrected chi connectivity index (χ4v) is 4.31. The zero-order valence-electron chi connectivity index (χ0n) is 16.4. The number of aromatic nitrogens is 2. The minimum Gasteiger partial charge on any atom is -0.441 e. The molecule has 0 radical (unpaired) electrons.